The second-order valence-corrected chi connectivity index (χ2v) is 4.62. The predicted molar refractivity (Wildman–Crippen MR) is 74.4 cm³/mol. The summed E-state index contributed by atoms with van der Waals surface area (Å²) in [7, 11) is 1.46. The zero-order valence-electron chi connectivity index (χ0n) is 11.4. The fourth-order valence-corrected chi connectivity index (χ4v) is 2.11. The molecule has 0 amide bonds. The molecule has 0 bridgehead atoms. The van der Waals surface area contributed by atoms with Crippen molar-refractivity contribution in [1.82, 2.24) is 14.6 Å². The fourth-order valence-electron chi connectivity index (χ4n) is 2.11. The monoisotopic (exact) mass is 308 g/mol. The van der Waals surface area contributed by atoms with Gasteiger partial charge in [0.2, 0.25) is 0 Å². The third-order valence-corrected chi connectivity index (χ3v) is 3.22. The Morgan fingerprint density at radius 1 is 1.14 bits per heavy atom. The van der Waals surface area contributed by atoms with Gasteiger partial charge in [0.05, 0.1) is 18.4 Å². The van der Waals surface area contributed by atoms with Gasteiger partial charge in [0.15, 0.2) is 11.5 Å². The number of hydrogen-bond donors (Lipinski definition) is 1. The second kappa shape index (κ2) is 4.90. The first kappa shape index (κ1) is 14.2. The Bertz CT molecular complexity index is 842. The number of benzene rings is 1. The van der Waals surface area contributed by atoms with E-state index in [9.17, 15) is 13.2 Å². The van der Waals surface area contributed by atoms with E-state index in [2.05, 4.69) is 10.2 Å². The zero-order chi connectivity index (χ0) is 15.9. The minimum atomic E-state index is -4.44. The molecule has 0 aliphatic carbocycles. The Morgan fingerprint density at radius 3 is 2.59 bits per heavy atom. The molecule has 22 heavy (non-hydrogen) atoms. The first-order valence-electron chi connectivity index (χ1n) is 6.26. The van der Waals surface area contributed by atoms with Crippen molar-refractivity contribution in [3.63, 3.8) is 0 Å². The van der Waals surface area contributed by atoms with Gasteiger partial charge in [0.1, 0.15) is 5.75 Å². The van der Waals surface area contributed by atoms with E-state index in [-0.39, 0.29) is 5.82 Å². The van der Waals surface area contributed by atoms with Crippen molar-refractivity contribution in [2.75, 3.05) is 12.8 Å². The molecule has 8 heteroatoms. The molecule has 3 aromatic rings. The van der Waals surface area contributed by atoms with E-state index in [1.54, 1.807) is 18.2 Å². The number of rotatable bonds is 2. The Labute approximate surface area is 123 Å². The number of halogens is 3. The van der Waals surface area contributed by atoms with Crippen LogP contribution in [0.3, 0.4) is 0 Å². The van der Waals surface area contributed by atoms with Crippen LogP contribution in [0.5, 0.6) is 5.75 Å². The first-order chi connectivity index (χ1) is 10.4. The number of nitrogen functional groups attached to an aromatic ring is 1. The summed E-state index contributed by atoms with van der Waals surface area (Å²) in [6.07, 6.45) is -3.47. The minimum absolute atomic E-state index is 0.277. The second-order valence-electron chi connectivity index (χ2n) is 4.62. The molecule has 0 fully saturated rings. The molecule has 0 radical (unpaired) electrons. The fraction of sp³-hybridized carbons (Fsp3) is 0.143. The van der Waals surface area contributed by atoms with Gasteiger partial charge in [-0.2, -0.15) is 13.2 Å². The van der Waals surface area contributed by atoms with Crippen LogP contribution in [0.25, 0.3) is 17.0 Å². The molecule has 0 unspecified atom stereocenters. The van der Waals surface area contributed by atoms with Gasteiger partial charge in [-0.05, 0) is 30.3 Å². The summed E-state index contributed by atoms with van der Waals surface area (Å²) in [6, 6.07) is 7.09. The highest BCUT2D eigenvalue weighted by Gasteiger charge is 2.31. The van der Waals surface area contributed by atoms with Gasteiger partial charge in [0, 0.05) is 11.8 Å². The lowest BCUT2D eigenvalue weighted by Gasteiger charge is -2.09. The van der Waals surface area contributed by atoms with Crippen molar-refractivity contribution in [2.45, 2.75) is 6.18 Å². The third-order valence-electron chi connectivity index (χ3n) is 3.22. The van der Waals surface area contributed by atoms with E-state index in [0.29, 0.717) is 22.6 Å². The van der Waals surface area contributed by atoms with E-state index in [0.717, 1.165) is 12.3 Å². The largest absolute Gasteiger partial charge is 0.495 e. The molecule has 2 N–H and O–H groups in total. The third kappa shape index (κ3) is 2.32. The summed E-state index contributed by atoms with van der Waals surface area (Å²) < 4.78 is 44.9. The highest BCUT2D eigenvalue weighted by atomic mass is 19.4. The normalized spacial score (nSPS) is 11.8. The molecule has 0 aliphatic heterocycles. The molecule has 5 nitrogen and oxygen atoms in total. The van der Waals surface area contributed by atoms with Crippen LogP contribution in [0.4, 0.5) is 18.9 Å². The van der Waals surface area contributed by atoms with Crippen molar-refractivity contribution >= 4 is 11.3 Å². The number of aromatic nitrogens is 3. The van der Waals surface area contributed by atoms with Crippen LogP contribution >= 0.6 is 0 Å². The Kier molecular flexibility index (Phi) is 3.16. The lowest BCUT2D eigenvalue weighted by molar-refractivity contribution is -0.137. The summed E-state index contributed by atoms with van der Waals surface area (Å²) in [5.41, 5.74) is 6.25. The van der Waals surface area contributed by atoms with E-state index < -0.39 is 11.7 Å². The van der Waals surface area contributed by atoms with Crippen molar-refractivity contribution in [2.24, 2.45) is 0 Å². The van der Waals surface area contributed by atoms with Crippen molar-refractivity contribution in [1.29, 1.82) is 0 Å². The summed E-state index contributed by atoms with van der Waals surface area (Å²) in [6.45, 7) is 0. The van der Waals surface area contributed by atoms with Crippen LogP contribution in [-0.2, 0) is 6.18 Å². The summed E-state index contributed by atoms with van der Waals surface area (Å²) in [5.74, 6) is 0.695. The maximum Gasteiger partial charge on any atom is 0.417 e. The Hall–Kier alpha value is -2.77. The minimum Gasteiger partial charge on any atom is -0.495 e. The lowest BCUT2D eigenvalue weighted by atomic mass is 10.1. The number of hydrogen-bond acceptors (Lipinski definition) is 4. The average molecular weight is 308 g/mol. The molecule has 114 valence electrons. The molecule has 0 aliphatic rings. The summed E-state index contributed by atoms with van der Waals surface area (Å²) in [4.78, 5) is 0. The number of anilines is 1. The standard InChI is InChI=1S/C14H11F3N4O/c1-22-11-6-8(2-4-10(11)18)13-20-19-12-5-3-9(7-21(12)13)14(15,16)17/h2-7H,18H2,1H3. The van der Waals surface area contributed by atoms with Crippen molar-refractivity contribution < 1.29 is 17.9 Å². The Morgan fingerprint density at radius 2 is 1.91 bits per heavy atom. The van der Waals surface area contributed by atoms with E-state index in [1.165, 1.54) is 17.6 Å². The highest BCUT2D eigenvalue weighted by molar-refractivity contribution is 5.67. The maximum absolute atomic E-state index is 12.8. The topological polar surface area (TPSA) is 65.4 Å². The maximum atomic E-state index is 12.8. The van der Waals surface area contributed by atoms with Gasteiger partial charge in [-0.15, -0.1) is 10.2 Å². The lowest BCUT2D eigenvalue weighted by Crippen LogP contribution is -2.06. The molecular formula is C14H11F3N4O. The number of alkyl halides is 3. The number of nitrogens with zero attached hydrogens (tertiary/aromatic N) is 3. The molecule has 0 spiro atoms. The SMILES string of the molecule is COc1cc(-c2nnc3ccc(C(F)(F)F)cn23)ccc1N. The smallest absolute Gasteiger partial charge is 0.417 e. The number of ether oxygens (including phenoxy) is 1. The van der Waals surface area contributed by atoms with E-state index in [4.69, 9.17) is 10.5 Å². The highest BCUT2D eigenvalue weighted by Crippen LogP contribution is 2.31. The van der Waals surface area contributed by atoms with Gasteiger partial charge < -0.3 is 10.5 Å². The van der Waals surface area contributed by atoms with Crippen LogP contribution in [0.2, 0.25) is 0 Å². The quantitative estimate of drug-likeness (QED) is 0.739. The first-order valence-corrected chi connectivity index (χ1v) is 6.26. The molecule has 2 aromatic heterocycles. The van der Waals surface area contributed by atoms with E-state index >= 15 is 0 Å². The summed E-state index contributed by atoms with van der Waals surface area (Å²) in [5, 5.41) is 7.81. The number of pyridine rings is 1. The molecule has 1 aromatic carbocycles. The number of methoxy groups -OCH3 is 1. The summed E-state index contributed by atoms with van der Waals surface area (Å²) >= 11 is 0. The molecule has 0 saturated heterocycles. The van der Waals surface area contributed by atoms with Gasteiger partial charge in [-0.3, -0.25) is 4.40 Å². The van der Waals surface area contributed by atoms with Crippen molar-refractivity contribution in [3.05, 3.63) is 42.1 Å². The van der Waals surface area contributed by atoms with Crippen LogP contribution in [0.1, 0.15) is 5.56 Å². The number of nitrogens with two attached hydrogens (primary N) is 1. The van der Waals surface area contributed by atoms with Crippen molar-refractivity contribution in [3.8, 4) is 17.1 Å². The van der Waals surface area contributed by atoms with Gasteiger partial charge in [-0.25, -0.2) is 0 Å². The van der Waals surface area contributed by atoms with Gasteiger partial charge >= 0.3 is 6.18 Å². The molecule has 0 atom stereocenters. The van der Waals surface area contributed by atoms with Crippen LogP contribution < -0.4 is 10.5 Å². The zero-order valence-corrected chi connectivity index (χ0v) is 11.4. The average Bonchev–Trinajstić information content (AvgIpc) is 2.90. The van der Waals surface area contributed by atoms with Crippen LogP contribution in [0.15, 0.2) is 36.5 Å². The van der Waals surface area contributed by atoms with Gasteiger partial charge in [0.25, 0.3) is 0 Å². The van der Waals surface area contributed by atoms with Gasteiger partial charge in [-0.1, -0.05) is 0 Å². The molecular weight excluding hydrogens is 297 g/mol. The molecule has 2 heterocycles. The van der Waals surface area contributed by atoms with Crippen LogP contribution in [0, 0.1) is 0 Å². The van der Waals surface area contributed by atoms with E-state index in [1.807, 2.05) is 0 Å². The van der Waals surface area contributed by atoms with Crippen LogP contribution in [-0.4, -0.2) is 21.7 Å². The molecule has 3 rings (SSSR count). The predicted octanol–water partition coefficient (Wildman–Crippen LogP) is 3.01. The molecule has 0 saturated carbocycles. The number of fused-ring (bicyclic) bond motifs is 1. The Balaban J connectivity index is 2.19.